The molecule has 0 saturated carbocycles. The predicted octanol–water partition coefficient (Wildman–Crippen LogP) is 2.53. The zero-order valence-electron chi connectivity index (χ0n) is 16.0. The first-order chi connectivity index (χ1) is 13.0. The van der Waals surface area contributed by atoms with Gasteiger partial charge in [-0.2, -0.15) is 0 Å². The van der Waals surface area contributed by atoms with E-state index in [9.17, 15) is 8.42 Å². The van der Waals surface area contributed by atoms with Crippen LogP contribution < -0.4 is 4.72 Å². The van der Waals surface area contributed by atoms with Gasteiger partial charge in [0.2, 0.25) is 10.0 Å². The summed E-state index contributed by atoms with van der Waals surface area (Å²) in [6.45, 7) is 7.20. The lowest BCUT2D eigenvalue weighted by molar-refractivity contribution is 0.0177. The van der Waals surface area contributed by atoms with Crippen molar-refractivity contribution in [3.63, 3.8) is 0 Å². The Kier molecular flexibility index (Phi) is 6.65. The van der Waals surface area contributed by atoms with Crippen molar-refractivity contribution in [3.8, 4) is 0 Å². The van der Waals surface area contributed by atoms with Crippen LogP contribution >= 0.6 is 0 Å². The molecule has 3 rings (SSSR count). The summed E-state index contributed by atoms with van der Waals surface area (Å²) in [5, 5.41) is 0. The maximum Gasteiger partial charge on any atom is 0.240 e. The van der Waals surface area contributed by atoms with Crippen molar-refractivity contribution in [2.24, 2.45) is 0 Å². The van der Waals surface area contributed by atoms with Gasteiger partial charge in [-0.15, -0.1) is 0 Å². The van der Waals surface area contributed by atoms with E-state index in [1.807, 2.05) is 44.2 Å². The molecule has 2 aromatic rings. The van der Waals surface area contributed by atoms with Crippen LogP contribution in [0.1, 0.15) is 16.7 Å². The standard InChI is InChI=1S/C21H28N2O3S/c1-17-8-9-21(18(2)14-17)27(24,25)22-16-20(23-10-12-26-13-11-23)15-19-6-4-3-5-7-19/h3-9,14,20,22H,10-13,15-16H2,1-2H3. The van der Waals surface area contributed by atoms with Crippen LogP contribution in [-0.4, -0.2) is 52.2 Å². The minimum atomic E-state index is -3.54. The van der Waals surface area contributed by atoms with Crippen LogP contribution in [0.3, 0.4) is 0 Å². The first kappa shape index (κ1) is 20.0. The summed E-state index contributed by atoms with van der Waals surface area (Å²) in [5.41, 5.74) is 3.04. The Hall–Kier alpha value is -1.73. The third kappa shape index (κ3) is 5.39. The Morgan fingerprint density at radius 2 is 1.78 bits per heavy atom. The number of sulfonamides is 1. The summed E-state index contributed by atoms with van der Waals surface area (Å²) in [7, 11) is -3.54. The molecule has 1 saturated heterocycles. The molecule has 1 N–H and O–H groups in total. The Morgan fingerprint density at radius 3 is 2.44 bits per heavy atom. The number of hydrogen-bond acceptors (Lipinski definition) is 4. The average Bonchev–Trinajstić information content (AvgIpc) is 2.66. The van der Waals surface area contributed by atoms with Crippen molar-refractivity contribution in [2.45, 2.75) is 31.2 Å². The lowest BCUT2D eigenvalue weighted by Gasteiger charge is -2.34. The number of aryl methyl sites for hydroxylation is 2. The van der Waals surface area contributed by atoms with E-state index in [4.69, 9.17) is 4.74 Å². The molecule has 27 heavy (non-hydrogen) atoms. The van der Waals surface area contributed by atoms with Crippen LogP contribution in [0.4, 0.5) is 0 Å². The van der Waals surface area contributed by atoms with Crippen molar-refractivity contribution >= 4 is 10.0 Å². The van der Waals surface area contributed by atoms with Gasteiger partial charge in [0.1, 0.15) is 0 Å². The van der Waals surface area contributed by atoms with Crippen LogP contribution in [-0.2, 0) is 21.2 Å². The maximum atomic E-state index is 12.8. The van der Waals surface area contributed by atoms with Crippen molar-refractivity contribution in [2.75, 3.05) is 32.8 Å². The fraction of sp³-hybridized carbons (Fsp3) is 0.429. The smallest absolute Gasteiger partial charge is 0.240 e. The molecule has 1 aliphatic heterocycles. The highest BCUT2D eigenvalue weighted by atomic mass is 32.2. The Morgan fingerprint density at radius 1 is 1.07 bits per heavy atom. The second-order valence-electron chi connectivity index (χ2n) is 7.11. The van der Waals surface area contributed by atoms with E-state index in [1.165, 1.54) is 5.56 Å². The molecule has 5 nitrogen and oxygen atoms in total. The number of hydrogen-bond donors (Lipinski definition) is 1. The first-order valence-electron chi connectivity index (χ1n) is 9.38. The molecule has 0 spiro atoms. The fourth-order valence-corrected chi connectivity index (χ4v) is 4.84. The molecule has 0 aromatic heterocycles. The van der Waals surface area contributed by atoms with E-state index in [-0.39, 0.29) is 6.04 Å². The Bertz CT molecular complexity index is 847. The largest absolute Gasteiger partial charge is 0.379 e. The highest BCUT2D eigenvalue weighted by molar-refractivity contribution is 7.89. The third-order valence-electron chi connectivity index (χ3n) is 5.01. The van der Waals surface area contributed by atoms with Crippen LogP contribution in [0.25, 0.3) is 0 Å². The predicted molar refractivity (Wildman–Crippen MR) is 107 cm³/mol. The molecule has 1 unspecified atom stereocenters. The second-order valence-corrected chi connectivity index (χ2v) is 8.85. The second kappa shape index (κ2) is 8.97. The summed E-state index contributed by atoms with van der Waals surface area (Å²) in [4.78, 5) is 2.68. The summed E-state index contributed by atoms with van der Waals surface area (Å²) in [5.74, 6) is 0. The van der Waals surface area contributed by atoms with Gasteiger partial charge in [0.25, 0.3) is 0 Å². The Balaban J connectivity index is 1.74. The number of morpholine rings is 1. The van der Waals surface area contributed by atoms with E-state index in [0.717, 1.165) is 30.6 Å². The van der Waals surface area contributed by atoms with Crippen LogP contribution in [0.5, 0.6) is 0 Å². The van der Waals surface area contributed by atoms with Crippen LogP contribution in [0.2, 0.25) is 0 Å². The van der Waals surface area contributed by atoms with E-state index < -0.39 is 10.0 Å². The van der Waals surface area contributed by atoms with E-state index in [1.54, 1.807) is 6.07 Å². The minimum Gasteiger partial charge on any atom is -0.379 e. The SMILES string of the molecule is Cc1ccc(S(=O)(=O)NCC(Cc2ccccc2)N2CCOCC2)c(C)c1. The Labute approximate surface area is 162 Å². The molecule has 2 aromatic carbocycles. The normalized spacial score (nSPS) is 17.0. The number of benzene rings is 2. The highest BCUT2D eigenvalue weighted by Crippen LogP contribution is 2.17. The molecule has 6 heteroatoms. The maximum absolute atomic E-state index is 12.8. The number of nitrogens with one attached hydrogen (secondary N) is 1. The highest BCUT2D eigenvalue weighted by Gasteiger charge is 2.24. The van der Waals surface area contributed by atoms with Gasteiger partial charge in [0, 0.05) is 25.7 Å². The van der Waals surface area contributed by atoms with Gasteiger partial charge in [-0.05, 0) is 37.5 Å². The third-order valence-corrected chi connectivity index (χ3v) is 6.59. The summed E-state index contributed by atoms with van der Waals surface area (Å²) in [6, 6.07) is 15.7. The van der Waals surface area contributed by atoms with Crippen molar-refractivity contribution in [1.82, 2.24) is 9.62 Å². The monoisotopic (exact) mass is 388 g/mol. The van der Waals surface area contributed by atoms with Gasteiger partial charge in [-0.3, -0.25) is 4.90 Å². The molecule has 1 heterocycles. The van der Waals surface area contributed by atoms with E-state index in [0.29, 0.717) is 24.7 Å². The minimum absolute atomic E-state index is 0.0943. The summed E-state index contributed by atoms with van der Waals surface area (Å²) < 4.78 is 34.0. The average molecular weight is 389 g/mol. The van der Waals surface area contributed by atoms with E-state index >= 15 is 0 Å². The molecule has 0 bridgehead atoms. The molecular formula is C21H28N2O3S. The lowest BCUT2D eigenvalue weighted by atomic mass is 10.0. The van der Waals surface area contributed by atoms with Gasteiger partial charge < -0.3 is 4.74 Å². The van der Waals surface area contributed by atoms with Gasteiger partial charge in [-0.25, -0.2) is 13.1 Å². The summed E-state index contributed by atoms with van der Waals surface area (Å²) in [6.07, 6.45) is 0.802. The first-order valence-corrected chi connectivity index (χ1v) is 10.9. The lowest BCUT2D eigenvalue weighted by Crippen LogP contribution is -2.49. The van der Waals surface area contributed by atoms with Gasteiger partial charge >= 0.3 is 0 Å². The molecule has 0 aliphatic carbocycles. The number of ether oxygens (including phenoxy) is 1. The van der Waals surface area contributed by atoms with Crippen molar-refractivity contribution < 1.29 is 13.2 Å². The van der Waals surface area contributed by atoms with Crippen molar-refractivity contribution in [1.29, 1.82) is 0 Å². The van der Waals surface area contributed by atoms with Gasteiger partial charge in [0.05, 0.1) is 18.1 Å². The molecule has 1 aliphatic rings. The fourth-order valence-electron chi connectivity index (χ4n) is 3.54. The molecule has 0 radical (unpaired) electrons. The topological polar surface area (TPSA) is 58.6 Å². The van der Waals surface area contributed by atoms with E-state index in [2.05, 4.69) is 21.8 Å². The zero-order chi connectivity index (χ0) is 19.3. The summed E-state index contributed by atoms with van der Waals surface area (Å²) >= 11 is 0. The molecule has 0 amide bonds. The van der Waals surface area contributed by atoms with Crippen LogP contribution in [0, 0.1) is 13.8 Å². The number of nitrogens with zero attached hydrogens (tertiary/aromatic N) is 1. The molecule has 1 fully saturated rings. The van der Waals surface area contributed by atoms with Crippen LogP contribution in [0.15, 0.2) is 53.4 Å². The number of rotatable bonds is 7. The zero-order valence-corrected chi connectivity index (χ0v) is 16.8. The molecule has 1 atom stereocenters. The quantitative estimate of drug-likeness (QED) is 0.792. The molecular weight excluding hydrogens is 360 g/mol. The van der Waals surface area contributed by atoms with Gasteiger partial charge in [0.15, 0.2) is 0 Å². The molecule has 146 valence electrons. The van der Waals surface area contributed by atoms with Gasteiger partial charge in [-0.1, -0.05) is 48.0 Å². The van der Waals surface area contributed by atoms with Crippen molar-refractivity contribution in [3.05, 3.63) is 65.2 Å².